The van der Waals surface area contributed by atoms with E-state index in [9.17, 15) is 13.5 Å². The van der Waals surface area contributed by atoms with E-state index in [0.717, 1.165) is 23.7 Å². The van der Waals surface area contributed by atoms with Gasteiger partial charge in [0, 0.05) is 22.5 Å². The lowest BCUT2D eigenvalue weighted by Gasteiger charge is -2.29. The van der Waals surface area contributed by atoms with Crippen LogP contribution < -0.4 is 4.72 Å². The molecule has 0 aliphatic heterocycles. The van der Waals surface area contributed by atoms with E-state index in [-0.39, 0.29) is 23.0 Å². The van der Waals surface area contributed by atoms with Crippen LogP contribution >= 0.6 is 15.9 Å². The minimum Gasteiger partial charge on any atom is -0.396 e. The van der Waals surface area contributed by atoms with Gasteiger partial charge < -0.3 is 5.11 Å². The number of aliphatic hydroxyl groups is 1. The molecule has 2 unspecified atom stereocenters. The van der Waals surface area contributed by atoms with Crippen molar-refractivity contribution >= 4 is 26.0 Å². The first-order chi connectivity index (χ1) is 8.87. The summed E-state index contributed by atoms with van der Waals surface area (Å²) in [5.74, 6) is 0. The van der Waals surface area contributed by atoms with Crippen LogP contribution in [0.15, 0.2) is 33.6 Å². The molecule has 1 aromatic carbocycles. The second-order valence-electron chi connectivity index (χ2n) is 5.34. The van der Waals surface area contributed by atoms with E-state index >= 15 is 0 Å². The largest absolute Gasteiger partial charge is 0.396 e. The number of hydrogen-bond donors (Lipinski definition) is 2. The van der Waals surface area contributed by atoms with Gasteiger partial charge in [0.25, 0.3) is 0 Å². The van der Waals surface area contributed by atoms with Crippen molar-refractivity contribution in [2.45, 2.75) is 37.1 Å². The molecule has 1 aliphatic rings. The van der Waals surface area contributed by atoms with Crippen LogP contribution in [-0.4, -0.2) is 26.2 Å². The number of benzene rings is 1. The van der Waals surface area contributed by atoms with E-state index in [1.807, 2.05) is 6.92 Å². The molecule has 0 spiro atoms. The third kappa shape index (κ3) is 3.18. The quantitative estimate of drug-likeness (QED) is 0.877. The van der Waals surface area contributed by atoms with Gasteiger partial charge in [-0.25, -0.2) is 13.1 Å². The molecule has 0 bridgehead atoms. The predicted octanol–water partition coefficient (Wildman–Crippen LogP) is 2.28. The van der Waals surface area contributed by atoms with Crippen LogP contribution in [0.4, 0.5) is 0 Å². The van der Waals surface area contributed by atoms with Gasteiger partial charge in [-0.2, -0.15) is 0 Å². The van der Waals surface area contributed by atoms with Crippen LogP contribution in [0.3, 0.4) is 0 Å². The Balaban J connectivity index is 2.23. The Hall–Kier alpha value is -0.430. The topological polar surface area (TPSA) is 66.4 Å². The molecule has 19 heavy (non-hydrogen) atoms. The Labute approximate surface area is 122 Å². The van der Waals surface area contributed by atoms with Gasteiger partial charge >= 0.3 is 0 Å². The molecular weight excluding hydrogens is 330 g/mol. The van der Waals surface area contributed by atoms with Crippen molar-refractivity contribution in [1.29, 1.82) is 0 Å². The fourth-order valence-electron chi connectivity index (χ4n) is 2.51. The molecule has 2 atom stereocenters. The summed E-state index contributed by atoms with van der Waals surface area (Å²) in [6.07, 6.45) is 2.54. The number of hydrogen-bond acceptors (Lipinski definition) is 3. The van der Waals surface area contributed by atoms with Gasteiger partial charge in [-0.15, -0.1) is 0 Å². The SMILES string of the molecule is CC1(CO)CCCC1NS(=O)(=O)c1cccc(Br)c1. The zero-order valence-corrected chi connectivity index (χ0v) is 13.2. The molecule has 2 rings (SSSR count). The third-order valence-electron chi connectivity index (χ3n) is 3.85. The lowest BCUT2D eigenvalue weighted by molar-refractivity contribution is 0.127. The predicted molar refractivity (Wildman–Crippen MR) is 77.3 cm³/mol. The summed E-state index contributed by atoms with van der Waals surface area (Å²) in [6, 6.07) is 6.41. The highest BCUT2D eigenvalue weighted by Crippen LogP contribution is 2.38. The molecule has 0 aromatic heterocycles. The first-order valence-electron chi connectivity index (χ1n) is 6.26. The molecule has 2 N–H and O–H groups in total. The standard InChI is InChI=1S/C13H18BrNO3S/c1-13(9-16)7-3-6-12(13)15-19(17,18)11-5-2-4-10(14)8-11/h2,4-5,8,12,15-16H,3,6-7,9H2,1H3. The molecule has 0 saturated heterocycles. The van der Waals surface area contributed by atoms with Gasteiger partial charge in [0.05, 0.1) is 4.90 Å². The summed E-state index contributed by atoms with van der Waals surface area (Å²) in [5, 5.41) is 9.46. The fraction of sp³-hybridized carbons (Fsp3) is 0.538. The molecular formula is C13H18BrNO3S. The number of halogens is 1. The third-order valence-corrected chi connectivity index (χ3v) is 5.81. The first-order valence-corrected chi connectivity index (χ1v) is 8.54. The summed E-state index contributed by atoms with van der Waals surface area (Å²) >= 11 is 3.27. The highest BCUT2D eigenvalue weighted by molar-refractivity contribution is 9.10. The summed E-state index contributed by atoms with van der Waals surface area (Å²) in [6.45, 7) is 1.92. The Morgan fingerprint density at radius 1 is 1.53 bits per heavy atom. The second-order valence-corrected chi connectivity index (χ2v) is 7.97. The van der Waals surface area contributed by atoms with Crippen molar-refractivity contribution in [3.63, 3.8) is 0 Å². The maximum absolute atomic E-state index is 12.3. The van der Waals surface area contributed by atoms with Crippen LogP contribution in [0.25, 0.3) is 0 Å². The molecule has 4 nitrogen and oxygen atoms in total. The Kier molecular flexibility index (Phi) is 4.35. The summed E-state index contributed by atoms with van der Waals surface area (Å²) in [7, 11) is -3.54. The van der Waals surface area contributed by atoms with E-state index < -0.39 is 10.0 Å². The zero-order chi connectivity index (χ0) is 14.1. The van der Waals surface area contributed by atoms with Crippen LogP contribution in [0.1, 0.15) is 26.2 Å². The van der Waals surface area contributed by atoms with Crippen LogP contribution in [0, 0.1) is 5.41 Å². The zero-order valence-electron chi connectivity index (χ0n) is 10.8. The highest BCUT2D eigenvalue weighted by Gasteiger charge is 2.40. The van der Waals surface area contributed by atoms with E-state index in [0.29, 0.717) is 0 Å². The summed E-state index contributed by atoms with van der Waals surface area (Å²) in [5.41, 5.74) is -0.362. The summed E-state index contributed by atoms with van der Waals surface area (Å²) in [4.78, 5) is 0.245. The van der Waals surface area contributed by atoms with E-state index in [1.54, 1.807) is 24.3 Å². The second kappa shape index (κ2) is 5.52. The maximum atomic E-state index is 12.3. The first kappa shape index (κ1) is 15.0. The van der Waals surface area contributed by atoms with Gasteiger partial charge in [0.2, 0.25) is 10.0 Å². The van der Waals surface area contributed by atoms with Crippen LogP contribution in [-0.2, 0) is 10.0 Å². The van der Waals surface area contributed by atoms with Gasteiger partial charge in [0.15, 0.2) is 0 Å². The van der Waals surface area contributed by atoms with Crippen molar-refractivity contribution in [1.82, 2.24) is 4.72 Å². The van der Waals surface area contributed by atoms with Gasteiger partial charge in [-0.05, 0) is 31.0 Å². The average Bonchev–Trinajstić information content (AvgIpc) is 2.71. The molecule has 6 heteroatoms. The lowest BCUT2D eigenvalue weighted by atomic mass is 9.86. The molecule has 1 fully saturated rings. The van der Waals surface area contributed by atoms with Crippen molar-refractivity contribution < 1.29 is 13.5 Å². The highest BCUT2D eigenvalue weighted by atomic mass is 79.9. The Morgan fingerprint density at radius 3 is 2.89 bits per heavy atom. The number of sulfonamides is 1. The molecule has 1 aromatic rings. The Bertz CT molecular complexity index is 561. The molecule has 0 heterocycles. The van der Waals surface area contributed by atoms with Crippen molar-refractivity contribution in [3.05, 3.63) is 28.7 Å². The molecule has 1 saturated carbocycles. The molecule has 1 aliphatic carbocycles. The van der Waals surface area contributed by atoms with Gasteiger partial charge in [0.1, 0.15) is 0 Å². The average molecular weight is 348 g/mol. The number of rotatable bonds is 4. The molecule has 106 valence electrons. The number of aliphatic hydroxyl groups excluding tert-OH is 1. The minimum atomic E-state index is -3.54. The van der Waals surface area contributed by atoms with Crippen molar-refractivity contribution in [2.24, 2.45) is 5.41 Å². The summed E-state index contributed by atoms with van der Waals surface area (Å²) < 4.78 is 28.1. The Morgan fingerprint density at radius 2 is 2.26 bits per heavy atom. The van der Waals surface area contributed by atoms with E-state index in [1.165, 1.54) is 0 Å². The number of nitrogens with one attached hydrogen (secondary N) is 1. The molecule has 0 amide bonds. The van der Waals surface area contributed by atoms with Crippen LogP contribution in [0.5, 0.6) is 0 Å². The van der Waals surface area contributed by atoms with E-state index in [4.69, 9.17) is 0 Å². The fourth-order valence-corrected chi connectivity index (χ4v) is 4.52. The lowest BCUT2D eigenvalue weighted by Crippen LogP contribution is -2.44. The van der Waals surface area contributed by atoms with E-state index in [2.05, 4.69) is 20.7 Å². The van der Waals surface area contributed by atoms with Gasteiger partial charge in [-0.3, -0.25) is 0 Å². The normalized spacial score (nSPS) is 27.6. The maximum Gasteiger partial charge on any atom is 0.240 e. The minimum absolute atomic E-state index is 0.00132. The van der Waals surface area contributed by atoms with Crippen molar-refractivity contribution in [3.8, 4) is 0 Å². The monoisotopic (exact) mass is 347 g/mol. The van der Waals surface area contributed by atoms with Crippen molar-refractivity contribution in [2.75, 3.05) is 6.61 Å². The van der Waals surface area contributed by atoms with Gasteiger partial charge in [-0.1, -0.05) is 35.3 Å². The smallest absolute Gasteiger partial charge is 0.240 e. The molecule has 0 radical (unpaired) electrons. The van der Waals surface area contributed by atoms with Crippen LogP contribution in [0.2, 0.25) is 0 Å².